The third kappa shape index (κ3) is 4.73. The first kappa shape index (κ1) is 21.4. The van der Waals surface area contributed by atoms with Crippen molar-refractivity contribution in [3.8, 4) is 11.5 Å². The summed E-state index contributed by atoms with van der Waals surface area (Å²) >= 11 is 1.30. The van der Waals surface area contributed by atoms with Crippen LogP contribution in [-0.2, 0) is 9.59 Å². The van der Waals surface area contributed by atoms with E-state index in [9.17, 15) is 9.59 Å². The maximum atomic E-state index is 13.3. The Morgan fingerprint density at radius 3 is 2.31 bits per heavy atom. The normalized spacial score (nSPS) is 15.9. The average Bonchev–Trinajstić information content (AvgIpc) is 3.10. The minimum Gasteiger partial charge on any atom is -0.493 e. The maximum absolute atomic E-state index is 13.3. The number of carbonyl (C=O) groups excluding carboxylic acids is 2. The van der Waals surface area contributed by atoms with Crippen LogP contribution >= 0.6 is 11.8 Å². The van der Waals surface area contributed by atoms with Gasteiger partial charge in [0.25, 0.3) is 5.91 Å². The molecule has 6 nitrogen and oxygen atoms in total. The molecule has 1 amide bonds. The monoisotopic (exact) mass is 444 g/mol. The van der Waals surface area contributed by atoms with Crippen molar-refractivity contribution in [1.29, 1.82) is 0 Å². The van der Waals surface area contributed by atoms with Crippen LogP contribution in [0.1, 0.15) is 12.5 Å². The van der Waals surface area contributed by atoms with E-state index in [0.29, 0.717) is 21.6 Å². The Kier molecular flexibility index (Phi) is 6.37. The molecule has 1 aliphatic heterocycles. The second-order valence-electron chi connectivity index (χ2n) is 6.82. The van der Waals surface area contributed by atoms with Crippen LogP contribution in [0.15, 0.2) is 88.8 Å². The molecule has 0 saturated carbocycles. The molecule has 3 aromatic carbocycles. The van der Waals surface area contributed by atoms with E-state index in [1.807, 2.05) is 60.7 Å². The van der Waals surface area contributed by atoms with E-state index in [-0.39, 0.29) is 5.91 Å². The Morgan fingerprint density at radius 2 is 1.66 bits per heavy atom. The Labute approximate surface area is 190 Å². The van der Waals surface area contributed by atoms with E-state index in [1.54, 1.807) is 29.2 Å². The second-order valence-corrected chi connectivity index (χ2v) is 7.83. The zero-order valence-electron chi connectivity index (χ0n) is 17.5. The third-order valence-electron chi connectivity index (χ3n) is 4.54. The van der Waals surface area contributed by atoms with E-state index >= 15 is 0 Å². The van der Waals surface area contributed by atoms with E-state index < -0.39 is 5.97 Å². The van der Waals surface area contributed by atoms with Gasteiger partial charge in [-0.25, -0.2) is 4.99 Å². The standard InChI is InChI=1S/C25H20N2O4S/c1-17(28)31-21-14-13-18(15-22(21)30-2)16-23-24(29)27(20-11-7-4-8-12-20)25(32-23)26-19-9-5-3-6-10-19/h3-16H,1-2H3/b23-16+,26-25?. The molecule has 0 atom stereocenters. The predicted molar refractivity (Wildman–Crippen MR) is 127 cm³/mol. The fraction of sp³-hybridized carbons (Fsp3) is 0.0800. The summed E-state index contributed by atoms with van der Waals surface area (Å²) in [5.74, 6) is 0.128. The maximum Gasteiger partial charge on any atom is 0.308 e. The summed E-state index contributed by atoms with van der Waals surface area (Å²) in [6.45, 7) is 1.33. The number of aliphatic imine (C=N–C) groups is 1. The quantitative estimate of drug-likeness (QED) is 0.298. The summed E-state index contributed by atoms with van der Waals surface area (Å²) in [6.07, 6.45) is 1.77. The lowest BCUT2D eigenvalue weighted by molar-refractivity contribution is -0.132. The smallest absolute Gasteiger partial charge is 0.308 e. The molecule has 1 fully saturated rings. The molecule has 4 rings (SSSR count). The Morgan fingerprint density at radius 1 is 0.969 bits per heavy atom. The van der Waals surface area contributed by atoms with Crippen molar-refractivity contribution in [1.82, 2.24) is 0 Å². The molecule has 1 aliphatic rings. The van der Waals surface area contributed by atoms with Crippen molar-refractivity contribution in [3.63, 3.8) is 0 Å². The van der Waals surface area contributed by atoms with Crippen LogP contribution in [0.4, 0.5) is 11.4 Å². The molecule has 0 unspecified atom stereocenters. The summed E-state index contributed by atoms with van der Waals surface area (Å²) < 4.78 is 10.5. The van der Waals surface area contributed by atoms with Gasteiger partial charge in [-0.15, -0.1) is 0 Å². The molecule has 0 radical (unpaired) electrons. The number of methoxy groups -OCH3 is 1. The van der Waals surface area contributed by atoms with Gasteiger partial charge in [0, 0.05) is 6.92 Å². The van der Waals surface area contributed by atoms with E-state index in [2.05, 4.69) is 0 Å². The van der Waals surface area contributed by atoms with Gasteiger partial charge in [0.1, 0.15) is 0 Å². The fourth-order valence-corrected chi connectivity index (χ4v) is 4.13. The number of ether oxygens (including phenoxy) is 2. The fourth-order valence-electron chi connectivity index (χ4n) is 3.13. The highest BCUT2D eigenvalue weighted by molar-refractivity contribution is 8.19. The highest BCUT2D eigenvalue weighted by Gasteiger charge is 2.34. The zero-order valence-corrected chi connectivity index (χ0v) is 18.3. The highest BCUT2D eigenvalue weighted by Crippen LogP contribution is 2.38. The number of hydrogen-bond donors (Lipinski definition) is 0. The first-order valence-corrected chi connectivity index (χ1v) is 10.7. The van der Waals surface area contributed by atoms with E-state index in [0.717, 1.165) is 16.9 Å². The molecule has 7 heteroatoms. The van der Waals surface area contributed by atoms with Gasteiger partial charge in [-0.05, 0) is 59.8 Å². The molecule has 32 heavy (non-hydrogen) atoms. The predicted octanol–water partition coefficient (Wildman–Crippen LogP) is 5.43. The highest BCUT2D eigenvalue weighted by atomic mass is 32.2. The number of carbonyl (C=O) groups is 2. The Bertz CT molecular complexity index is 1210. The lowest BCUT2D eigenvalue weighted by Crippen LogP contribution is -2.28. The molecule has 160 valence electrons. The van der Waals surface area contributed by atoms with Crippen molar-refractivity contribution >= 4 is 46.3 Å². The van der Waals surface area contributed by atoms with E-state index in [1.165, 1.54) is 25.8 Å². The molecule has 0 aliphatic carbocycles. The van der Waals surface area contributed by atoms with E-state index in [4.69, 9.17) is 14.5 Å². The number of thioether (sulfide) groups is 1. The minimum atomic E-state index is -0.434. The van der Waals surface area contributed by atoms with Crippen molar-refractivity contribution in [2.45, 2.75) is 6.92 Å². The van der Waals surface area contributed by atoms with Crippen LogP contribution in [0.5, 0.6) is 11.5 Å². The number of amides is 1. The molecule has 1 saturated heterocycles. The summed E-state index contributed by atoms with van der Waals surface area (Å²) in [5.41, 5.74) is 2.24. The summed E-state index contributed by atoms with van der Waals surface area (Å²) in [7, 11) is 1.50. The van der Waals surface area contributed by atoms with Crippen molar-refractivity contribution in [2.24, 2.45) is 4.99 Å². The lowest BCUT2D eigenvalue weighted by Gasteiger charge is -2.15. The van der Waals surface area contributed by atoms with Crippen LogP contribution in [0, 0.1) is 0 Å². The number of benzene rings is 3. The molecule has 0 N–H and O–H groups in total. The number of nitrogens with zero attached hydrogens (tertiary/aromatic N) is 2. The van der Waals surface area contributed by atoms with Gasteiger partial charge < -0.3 is 9.47 Å². The van der Waals surface area contributed by atoms with Crippen LogP contribution in [0.3, 0.4) is 0 Å². The third-order valence-corrected chi connectivity index (χ3v) is 5.51. The second kappa shape index (κ2) is 9.53. The van der Waals surface area contributed by atoms with Gasteiger partial charge in [-0.3, -0.25) is 14.5 Å². The molecule has 0 bridgehead atoms. The number of esters is 1. The van der Waals surface area contributed by atoms with Gasteiger partial charge in [-0.1, -0.05) is 42.5 Å². The van der Waals surface area contributed by atoms with Gasteiger partial charge >= 0.3 is 5.97 Å². The SMILES string of the molecule is COc1cc(/C=C2/SC(=Nc3ccccc3)N(c3ccccc3)C2=O)ccc1OC(C)=O. The summed E-state index contributed by atoms with van der Waals surface area (Å²) in [4.78, 5) is 31.4. The molecule has 0 aromatic heterocycles. The van der Waals surface area contributed by atoms with Crippen LogP contribution < -0.4 is 14.4 Å². The number of amidine groups is 1. The van der Waals surface area contributed by atoms with Gasteiger partial charge in [0.2, 0.25) is 0 Å². The molecular formula is C25H20N2O4S. The number of para-hydroxylation sites is 2. The van der Waals surface area contributed by atoms with Crippen molar-refractivity contribution in [3.05, 3.63) is 89.3 Å². The van der Waals surface area contributed by atoms with Crippen molar-refractivity contribution in [2.75, 3.05) is 12.0 Å². The summed E-state index contributed by atoms with van der Waals surface area (Å²) in [6, 6.07) is 24.1. The van der Waals surface area contributed by atoms with Gasteiger partial charge in [-0.2, -0.15) is 0 Å². The van der Waals surface area contributed by atoms with Crippen LogP contribution in [-0.4, -0.2) is 24.2 Å². The van der Waals surface area contributed by atoms with Crippen LogP contribution in [0.25, 0.3) is 6.08 Å². The van der Waals surface area contributed by atoms with Crippen molar-refractivity contribution < 1.29 is 19.1 Å². The molecule has 1 heterocycles. The lowest BCUT2D eigenvalue weighted by atomic mass is 10.2. The average molecular weight is 445 g/mol. The first-order chi connectivity index (χ1) is 15.5. The largest absolute Gasteiger partial charge is 0.493 e. The number of rotatable bonds is 5. The summed E-state index contributed by atoms with van der Waals surface area (Å²) in [5, 5.41) is 0.571. The first-order valence-electron chi connectivity index (χ1n) is 9.84. The van der Waals surface area contributed by atoms with Gasteiger partial charge in [0.15, 0.2) is 16.7 Å². The Balaban J connectivity index is 1.72. The Hall–Kier alpha value is -3.84. The minimum absolute atomic E-state index is 0.168. The van der Waals surface area contributed by atoms with Crippen LogP contribution in [0.2, 0.25) is 0 Å². The van der Waals surface area contributed by atoms with Gasteiger partial charge in [0.05, 0.1) is 23.4 Å². The topological polar surface area (TPSA) is 68.2 Å². The number of anilines is 1. The molecule has 3 aromatic rings. The molecular weight excluding hydrogens is 424 g/mol. The number of hydrogen-bond acceptors (Lipinski definition) is 6. The molecule has 0 spiro atoms. The zero-order chi connectivity index (χ0) is 22.5.